The number of nitrogens with one attached hydrogen (secondary N) is 2. The van der Waals surface area contributed by atoms with E-state index >= 15 is 0 Å². The number of hydrogen-bond acceptors (Lipinski definition) is 3. The van der Waals surface area contributed by atoms with Crippen molar-refractivity contribution in [2.24, 2.45) is 11.7 Å². The molecule has 0 aliphatic heterocycles. The van der Waals surface area contributed by atoms with Gasteiger partial charge in [-0.2, -0.15) is 0 Å². The summed E-state index contributed by atoms with van der Waals surface area (Å²) >= 11 is 0. The Hall–Kier alpha value is -1.66. The molecule has 0 radical (unpaired) electrons. The van der Waals surface area contributed by atoms with Crippen LogP contribution in [0.1, 0.15) is 31.7 Å². The van der Waals surface area contributed by atoms with E-state index in [-0.39, 0.29) is 54.5 Å². The summed E-state index contributed by atoms with van der Waals surface area (Å²) in [5, 5.41) is 5.35. The van der Waals surface area contributed by atoms with Gasteiger partial charge < -0.3 is 16.4 Å². The molecular formula is C16H23ClFN3O2. The van der Waals surface area contributed by atoms with Gasteiger partial charge in [-0.25, -0.2) is 4.39 Å². The lowest BCUT2D eigenvalue weighted by atomic mass is 10.1. The monoisotopic (exact) mass is 343 g/mol. The second-order valence-corrected chi connectivity index (χ2v) is 6.06. The highest BCUT2D eigenvalue weighted by molar-refractivity contribution is 5.87. The largest absolute Gasteiger partial charge is 0.351 e. The number of nitrogens with two attached hydrogens (primary N) is 1. The van der Waals surface area contributed by atoms with Gasteiger partial charge in [0.25, 0.3) is 0 Å². The van der Waals surface area contributed by atoms with E-state index in [0.29, 0.717) is 0 Å². The van der Waals surface area contributed by atoms with Crippen molar-refractivity contribution < 1.29 is 14.0 Å². The number of hydrogen-bond donors (Lipinski definition) is 3. The minimum Gasteiger partial charge on any atom is -0.351 e. The lowest BCUT2D eigenvalue weighted by Gasteiger charge is -2.15. The molecule has 7 heteroatoms. The van der Waals surface area contributed by atoms with Crippen LogP contribution in [-0.2, 0) is 9.59 Å². The van der Waals surface area contributed by atoms with Crippen LogP contribution in [0.5, 0.6) is 0 Å². The minimum atomic E-state index is -0.617. The molecule has 0 saturated heterocycles. The minimum absolute atomic E-state index is 0. The first-order valence-electron chi connectivity index (χ1n) is 7.46. The van der Waals surface area contributed by atoms with Crippen LogP contribution in [0.15, 0.2) is 24.3 Å². The van der Waals surface area contributed by atoms with Crippen LogP contribution >= 0.6 is 12.4 Å². The van der Waals surface area contributed by atoms with Crippen molar-refractivity contribution in [1.82, 2.24) is 10.6 Å². The van der Waals surface area contributed by atoms with Crippen LogP contribution in [0.4, 0.5) is 4.39 Å². The van der Waals surface area contributed by atoms with Crippen LogP contribution in [0.3, 0.4) is 0 Å². The summed E-state index contributed by atoms with van der Waals surface area (Å²) in [7, 11) is 0. The quantitative estimate of drug-likeness (QED) is 0.728. The molecule has 1 saturated carbocycles. The number of benzene rings is 1. The fourth-order valence-corrected chi connectivity index (χ4v) is 2.31. The van der Waals surface area contributed by atoms with Gasteiger partial charge in [-0.1, -0.05) is 26.0 Å². The van der Waals surface area contributed by atoms with Crippen LogP contribution < -0.4 is 16.4 Å². The van der Waals surface area contributed by atoms with Gasteiger partial charge in [0.2, 0.25) is 11.8 Å². The Morgan fingerprint density at radius 1 is 1.39 bits per heavy atom. The Labute approximate surface area is 141 Å². The number of carbonyl (C=O) groups is 2. The highest BCUT2D eigenvalue weighted by atomic mass is 35.5. The highest BCUT2D eigenvalue weighted by Crippen LogP contribution is 2.40. The van der Waals surface area contributed by atoms with Crippen molar-refractivity contribution >= 4 is 24.2 Å². The van der Waals surface area contributed by atoms with E-state index in [9.17, 15) is 14.0 Å². The van der Waals surface area contributed by atoms with E-state index in [4.69, 9.17) is 5.73 Å². The number of amides is 2. The zero-order valence-corrected chi connectivity index (χ0v) is 14.0. The van der Waals surface area contributed by atoms with Gasteiger partial charge in [0, 0.05) is 12.0 Å². The maximum Gasteiger partial charge on any atom is 0.239 e. The molecule has 4 N–H and O–H groups in total. The smallest absolute Gasteiger partial charge is 0.239 e. The topological polar surface area (TPSA) is 84.2 Å². The molecule has 128 valence electrons. The Kier molecular flexibility index (Phi) is 6.97. The second-order valence-electron chi connectivity index (χ2n) is 6.06. The van der Waals surface area contributed by atoms with Crippen LogP contribution in [0, 0.1) is 11.7 Å². The van der Waals surface area contributed by atoms with E-state index in [1.807, 2.05) is 19.9 Å². The van der Waals surface area contributed by atoms with Crippen molar-refractivity contribution in [3.8, 4) is 0 Å². The predicted octanol–water partition coefficient (Wildman–Crippen LogP) is 1.32. The van der Waals surface area contributed by atoms with Crippen molar-refractivity contribution in [2.75, 3.05) is 6.54 Å². The van der Waals surface area contributed by atoms with Crippen molar-refractivity contribution in [3.05, 3.63) is 35.6 Å². The SMILES string of the molecule is CC(C)[C@H](N)C(=O)NCC(=O)NC1CC1c1cccc(F)c1.Cl. The van der Waals surface area contributed by atoms with Gasteiger partial charge in [-0.3, -0.25) is 9.59 Å². The summed E-state index contributed by atoms with van der Waals surface area (Å²) in [6, 6.07) is 5.78. The van der Waals surface area contributed by atoms with Gasteiger partial charge in [0.1, 0.15) is 5.82 Å². The van der Waals surface area contributed by atoms with Crippen LogP contribution in [0.25, 0.3) is 0 Å². The molecule has 0 bridgehead atoms. The zero-order valence-electron chi connectivity index (χ0n) is 13.2. The standard InChI is InChI=1S/C16H22FN3O2.ClH/c1-9(2)15(18)16(22)19-8-14(21)20-13-7-12(13)10-4-3-5-11(17)6-10;/h3-6,9,12-13,15H,7-8,18H2,1-2H3,(H,19,22)(H,20,21);1H/t12?,13?,15-;/m0./s1. The predicted molar refractivity (Wildman–Crippen MR) is 88.8 cm³/mol. The Bertz CT molecular complexity index is 568. The average Bonchev–Trinajstić information content (AvgIpc) is 3.23. The molecule has 1 aromatic carbocycles. The van der Waals surface area contributed by atoms with Crippen molar-refractivity contribution in [3.63, 3.8) is 0 Å². The Morgan fingerprint density at radius 2 is 2.09 bits per heavy atom. The third-order valence-corrected chi connectivity index (χ3v) is 3.86. The van der Waals surface area contributed by atoms with E-state index in [1.165, 1.54) is 12.1 Å². The molecule has 0 heterocycles. The van der Waals surface area contributed by atoms with Crippen molar-refractivity contribution in [1.29, 1.82) is 0 Å². The van der Waals surface area contributed by atoms with E-state index < -0.39 is 6.04 Å². The average molecular weight is 344 g/mol. The van der Waals surface area contributed by atoms with Gasteiger partial charge in [0.05, 0.1) is 12.6 Å². The number of rotatable bonds is 6. The Balaban J connectivity index is 0.00000264. The molecule has 0 spiro atoms. The third kappa shape index (κ3) is 5.48. The molecule has 2 unspecified atom stereocenters. The summed E-state index contributed by atoms with van der Waals surface area (Å²) in [4.78, 5) is 23.4. The molecule has 0 aromatic heterocycles. The maximum absolute atomic E-state index is 13.1. The van der Waals surface area contributed by atoms with E-state index in [1.54, 1.807) is 6.07 Å². The van der Waals surface area contributed by atoms with Crippen LogP contribution in [-0.4, -0.2) is 30.4 Å². The summed E-state index contributed by atoms with van der Waals surface area (Å²) in [5.41, 5.74) is 6.58. The molecule has 23 heavy (non-hydrogen) atoms. The van der Waals surface area contributed by atoms with E-state index in [2.05, 4.69) is 10.6 Å². The zero-order chi connectivity index (χ0) is 16.3. The second kappa shape index (κ2) is 8.26. The van der Waals surface area contributed by atoms with Gasteiger partial charge >= 0.3 is 0 Å². The van der Waals surface area contributed by atoms with Gasteiger partial charge in [-0.05, 0) is 30.0 Å². The fraction of sp³-hybridized carbons (Fsp3) is 0.500. The fourth-order valence-electron chi connectivity index (χ4n) is 2.31. The lowest BCUT2D eigenvalue weighted by molar-refractivity contribution is -0.127. The molecule has 2 amide bonds. The molecule has 3 atom stereocenters. The highest BCUT2D eigenvalue weighted by Gasteiger charge is 2.39. The summed E-state index contributed by atoms with van der Waals surface area (Å²) in [5.74, 6) is -0.697. The summed E-state index contributed by atoms with van der Waals surface area (Å²) < 4.78 is 13.1. The summed E-state index contributed by atoms with van der Waals surface area (Å²) in [6.45, 7) is 3.60. The van der Waals surface area contributed by atoms with Gasteiger partial charge in [0.15, 0.2) is 0 Å². The third-order valence-electron chi connectivity index (χ3n) is 3.86. The molecule has 1 aromatic rings. The number of halogens is 2. The molecular weight excluding hydrogens is 321 g/mol. The molecule has 5 nitrogen and oxygen atoms in total. The molecule has 1 fully saturated rings. The molecule has 1 aliphatic carbocycles. The maximum atomic E-state index is 13.1. The Morgan fingerprint density at radius 3 is 2.70 bits per heavy atom. The lowest BCUT2D eigenvalue weighted by Crippen LogP contribution is -2.47. The number of carbonyl (C=O) groups excluding carboxylic acids is 2. The van der Waals surface area contributed by atoms with Crippen LogP contribution in [0.2, 0.25) is 0 Å². The van der Waals surface area contributed by atoms with Gasteiger partial charge in [-0.15, -0.1) is 12.4 Å². The normalized spacial score (nSPS) is 20.4. The van der Waals surface area contributed by atoms with Crippen molar-refractivity contribution in [2.45, 2.75) is 38.3 Å². The molecule has 1 aliphatic rings. The summed E-state index contributed by atoms with van der Waals surface area (Å²) in [6.07, 6.45) is 0.786. The first kappa shape index (κ1) is 19.4. The first-order chi connectivity index (χ1) is 10.4. The first-order valence-corrected chi connectivity index (χ1v) is 7.46. The van der Waals surface area contributed by atoms with E-state index in [0.717, 1.165) is 12.0 Å². The molecule has 2 rings (SSSR count).